The van der Waals surface area contributed by atoms with Gasteiger partial charge in [-0.15, -0.1) is 0 Å². The third-order valence-electron chi connectivity index (χ3n) is 2.23. The Morgan fingerprint density at radius 3 is 2.86 bits per heavy atom. The van der Waals surface area contributed by atoms with E-state index in [1.54, 1.807) is 0 Å². The second-order valence-corrected chi connectivity index (χ2v) is 3.66. The van der Waals surface area contributed by atoms with Crippen LogP contribution in [-0.2, 0) is 6.61 Å². The van der Waals surface area contributed by atoms with Crippen molar-refractivity contribution >= 4 is 22.5 Å². The van der Waals surface area contributed by atoms with Gasteiger partial charge in [-0.05, 0) is 30.2 Å². The quantitative estimate of drug-likeness (QED) is 0.730. The zero-order valence-corrected chi connectivity index (χ0v) is 8.54. The molecule has 0 aliphatic heterocycles. The lowest BCUT2D eigenvalue weighted by Gasteiger charge is -2.03. The lowest BCUT2D eigenvalue weighted by Crippen LogP contribution is -1.88. The topological polar surface area (TPSA) is 33.1 Å². The van der Waals surface area contributed by atoms with E-state index in [1.807, 2.05) is 31.2 Å². The second-order valence-electron chi connectivity index (χ2n) is 3.27. The largest absolute Gasteiger partial charge is 0.392 e. The van der Waals surface area contributed by atoms with Crippen LogP contribution in [0.5, 0.6) is 0 Å². The Kier molecular flexibility index (Phi) is 2.40. The summed E-state index contributed by atoms with van der Waals surface area (Å²) in [4.78, 5) is 4.20. The Balaban J connectivity index is 2.75. The molecule has 0 unspecified atom stereocenters. The van der Waals surface area contributed by atoms with Gasteiger partial charge in [0.1, 0.15) is 5.15 Å². The number of rotatable bonds is 1. The van der Waals surface area contributed by atoms with Crippen molar-refractivity contribution < 1.29 is 5.11 Å². The molecule has 2 nitrogen and oxygen atoms in total. The number of fused-ring (bicyclic) bond motifs is 1. The van der Waals surface area contributed by atoms with Gasteiger partial charge in [0.2, 0.25) is 0 Å². The highest BCUT2D eigenvalue weighted by atomic mass is 35.5. The Morgan fingerprint density at radius 2 is 2.14 bits per heavy atom. The van der Waals surface area contributed by atoms with E-state index in [-0.39, 0.29) is 6.61 Å². The van der Waals surface area contributed by atoms with E-state index in [0.29, 0.717) is 5.15 Å². The predicted molar refractivity (Wildman–Crippen MR) is 57.4 cm³/mol. The molecular weight excluding hydrogens is 198 g/mol. The molecule has 0 spiro atoms. The Labute approximate surface area is 87.2 Å². The molecule has 14 heavy (non-hydrogen) atoms. The van der Waals surface area contributed by atoms with Gasteiger partial charge in [0.25, 0.3) is 0 Å². The van der Waals surface area contributed by atoms with Gasteiger partial charge >= 0.3 is 0 Å². The van der Waals surface area contributed by atoms with Crippen LogP contribution in [0.1, 0.15) is 11.1 Å². The molecule has 0 saturated carbocycles. The van der Waals surface area contributed by atoms with E-state index in [9.17, 15) is 0 Å². The Bertz CT molecular complexity index is 482. The van der Waals surface area contributed by atoms with Crippen LogP contribution in [0.3, 0.4) is 0 Å². The number of pyridine rings is 1. The molecule has 0 fully saturated rings. The Hall–Kier alpha value is -1.12. The number of aryl methyl sites for hydroxylation is 1. The molecule has 2 rings (SSSR count). The first-order chi connectivity index (χ1) is 6.70. The molecule has 0 atom stereocenters. The summed E-state index contributed by atoms with van der Waals surface area (Å²) in [5, 5.41) is 10.5. The van der Waals surface area contributed by atoms with Crippen LogP contribution in [0, 0.1) is 6.92 Å². The molecule has 0 radical (unpaired) electrons. The fourth-order valence-electron chi connectivity index (χ4n) is 1.51. The summed E-state index contributed by atoms with van der Waals surface area (Å²) < 4.78 is 0. The van der Waals surface area contributed by atoms with E-state index in [0.717, 1.165) is 22.0 Å². The summed E-state index contributed by atoms with van der Waals surface area (Å²) in [6.45, 7) is 2.03. The molecule has 72 valence electrons. The van der Waals surface area contributed by atoms with Gasteiger partial charge in [0.15, 0.2) is 0 Å². The molecule has 0 aliphatic rings. The van der Waals surface area contributed by atoms with E-state index < -0.39 is 0 Å². The number of hydrogen-bond acceptors (Lipinski definition) is 2. The monoisotopic (exact) mass is 207 g/mol. The molecule has 2 aromatic rings. The number of aliphatic hydroxyl groups is 1. The summed E-state index contributed by atoms with van der Waals surface area (Å²) in [5.74, 6) is 0. The van der Waals surface area contributed by atoms with Gasteiger partial charge in [-0.2, -0.15) is 0 Å². The maximum atomic E-state index is 8.97. The molecule has 0 saturated heterocycles. The summed E-state index contributed by atoms with van der Waals surface area (Å²) >= 11 is 5.85. The van der Waals surface area contributed by atoms with Crippen LogP contribution in [0.15, 0.2) is 24.3 Å². The number of hydrogen-bond donors (Lipinski definition) is 1. The van der Waals surface area contributed by atoms with Gasteiger partial charge in [-0.3, -0.25) is 0 Å². The van der Waals surface area contributed by atoms with Crippen molar-refractivity contribution in [3.63, 3.8) is 0 Å². The first kappa shape index (κ1) is 9.44. The average Bonchev–Trinajstić information content (AvgIpc) is 2.16. The zero-order valence-electron chi connectivity index (χ0n) is 7.79. The van der Waals surface area contributed by atoms with Crippen LogP contribution in [0.2, 0.25) is 5.15 Å². The molecule has 1 heterocycles. The molecule has 1 N–H and O–H groups in total. The maximum Gasteiger partial charge on any atom is 0.130 e. The highest BCUT2D eigenvalue weighted by molar-refractivity contribution is 6.29. The molecule has 1 aromatic heterocycles. The van der Waals surface area contributed by atoms with Gasteiger partial charge in [0.05, 0.1) is 12.1 Å². The average molecular weight is 208 g/mol. The molecule has 1 aromatic carbocycles. The number of aromatic nitrogens is 1. The highest BCUT2D eigenvalue weighted by Gasteiger charge is 2.01. The standard InChI is InChI=1S/C11H10ClNO/c1-7-4-11(12)13-10-5-8(6-14)2-3-9(7)10/h2-5,14H,6H2,1H3. The minimum absolute atomic E-state index is 0.0309. The molecule has 0 bridgehead atoms. The Morgan fingerprint density at radius 1 is 1.36 bits per heavy atom. The van der Waals surface area contributed by atoms with E-state index in [2.05, 4.69) is 4.98 Å². The first-order valence-corrected chi connectivity index (χ1v) is 4.75. The summed E-state index contributed by atoms with van der Waals surface area (Å²) in [5.41, 5.74) is 2.79. The summed E-state index contributed by atoms with van der Waals surface area (Å²) in [6.07, 6.45) is 0. The maximum absolute atomic E-state index is 8.97. The third kappa shape index (κ3) is 1.59. The molecule has 0 aliphatic carbocycles. The van der Waals surface area contributed by atoms with Crippen LogP contribution in [0.4, 0.5) is 0 Å². The van der Waals surface area contributed by atoms with Crippen LogP contribution in [0.25, 0.3) is 10.9 Å². The van der Waals surface area contributed by atoms with Crippen LogP contribution >= 0.6 is 11.6 Å². The smallest absolute Gasteiger partial charge is 0.130 e. The number of benzene rings is 1. The van der Waals surface area contributed by atoms with Crippen LogP contribution < -0.4 is 0 Å². The highest BCUT2D eigenvalue weighted by Crippen LogP contribution is 2.21. The lowest BCUT2D eigenvalue weighted by molar-refractivity contribution is 0.282. The molecule has 3 heteroatoms. The van der Waals surface area contributed by atoms with E-state index in [4.69, 9.17) is 16.7 Å². The van der Waals surface area contributed by atoms with Crippen molar-refractivity contribution in [3.8, 4) is 0 Å². The van der Waals surface area contributed by atoms with Crippen molar-refractivity contribution in [1.29, 1.82) is 0 Å². The van der Waals surface area contributed by atoms with Crippen molar-refractivity contribution in [2.45, 2.75) is 13.5 Å². The summed E-state index contributed by atoms with van der Waals surface area (Å²) in [7, 11) is 0. The van der Waals surface area contributed by atoms with Gasteiger partial charge < -0.3 is 5.11 Å². The van der Waals surface area contributed by atoms with Gasteiger partial charge in [-0.1, -0.05) is 23.7 Å². The van der Waals surface area contributed by atoms with Crippen LogP contribution in [-0.4, -0.2) is 10.1 Å². The minimum atomic E-state index is 0.0309. The number of aliphatic hydroxyl groups excluding tert-OH is 1. The SMILES string of the molecule is Cc1cc(Cl)nc2cc(CO)ccc12. The number of nitrogens with zero attached hydrogens (tertiary/aromatic N) is 1. The van der Waals surface area contributed by atoms with Crippen molar-refractivity contribution in [2.24, 2.45) is 0 Å². The van der Waals surface area contributed by atoms with E-state index >= 15 is 0 Å². The molecular formula is C11H10ClNO. The number of halogens is 1. The van der Waals surface area contributed by atoms with Crippen molar-refractivity contribution in [3.05, 3.63) is 40.5 Å². The van der Waals surface area contributed by atoms with Crippen molar-refractivity contribution in [1.82, 2.24) is 4.98 Å². The minimum Gasteiger partial charge on any atom is -0.392 e. The zero-order chi connectivity index (χ0) is 10.1. The molecule has 0 amide bonds. The van der Waals surface area contributed by atoms with Gasteiger partial charge in [-0.25, -0.2) is 4.98 Å². The fourth-order valence-corrected chi connectivity index (χ4v) is 1.76. The van der Waals surface area contributed by atoms with Gasteiger partial charge in [0, 0.05) is 5.39 Å². The van der Waals surface area contributed by atoms with Crippen molar-refractivity contribution in [2.75, 3.05) is 0 Å². The summed E-state index contributed by atoms with van der Waals surface area (Å²) in [6, 6.07) is 7.54. The normalized spacial score (nSPS) is 10.8. The second kappa shape index (κ2) is 3.56. The lowest BCUT2D eigenvalue weighted by atomic mass is 10.1. The third-order valence-corrected chi connectivity index (χ3v) is 2.43. The fraction of sp³-hybridized carbons (Fsp3) is 0.182. The first-order valence-electron chi connectivity index (χ1n) is 4.37. The predicted octanol–water partition coefficient (Wildman–Crippen LogP) is 2.69. The van der Waals surface area contributed by atoms with E-state index in [1.165, 1.54) is 0 Å².